The van der Waals surface area contributed by atoms with Gasteiger partial charge in [0.1, 0.15) is 11.9 Å². The van der Waals surface area contributed by atoms with Gasteiger partial charge in [0.15, 0.2) is 0 Å². The first-order valence-electron chi connectivity index (χ1n) is 7.75. The molecule has 0 bridgehead atoms. The number of benzene rings is 2. The summed E-state index contributed by atoms with van der Waals surface area (Å²) in [6, 6.07) is 19.1. The molecule has 0 aromatic heterocycles. The number of rotatable bonds is 5. The zero-order valence-corrected chi connectivity index (χ0v) is 13.4. The molecular formula is C19H18N2O4. The monoisotopic (exact) mass is 338 g/mol. The van der Waals surface area contributed by atoms with E-state index in [0.717, 1.165) is 11.3 Å². The van der Waals surface area contributed by atoms with E-state index in [1.165, 1.54) is 17.4 Å². The van der Waals surface area contributed by atoms with Crippen LogP contribution in [-0.4, -0.2) is 32.4 Å². The number of hydrazine groups is 1. The first kappa shape index (κ1) is 16.6. The third-order valence-electron chi connectivity index (χ3n) is 3.87. The summed E-state index contributed by atoms with van der Waals surface area (Å²) in [5.41, 5.74) is 1.53. The second kappa shape index (κ2) is 7.11. The highest BCUT2D eigenvalue weighted by atomic mass is 16.4. The molecule has 0 fully saturated rings. The molecule has 0 aliphatic carbocycles. The molecule has 0 amide bonds. The van der Waals surface area contributed by atoms with E-state index in [9.17, 15) is 20.1 Å². The molecule has 1 atom stereocenters. The van der Waals surface area contributed by atoms with Crippen LogP contribution in [0.3, 0.4) is 0 Å². The van der Waals surface area contributed by atoms with E-state index in [2.05, 4.69) is 0 Å². The van der Waals surface area contributed by atoms with Gasteiger partial charge in [0.2, 0.25) is 0 Å². The van der Waals surface area contributed by atoms with Crippen LogP contribution in [0.4, 0.5) is 5.69 Å². The Morgan fingerprint density at radius 1 is 1.00 bits per heavy atom. The molecule has 128 valence electrons. The van der Waals surface area contributed by atoms with Crippen molar-refractivity contribution in [2.45, 2.75) is 12.6 Å². The maximum Gasteiger partial charge on any atom is 0.336 e. The van der Waals surface area contributed by atoms with Crippen LogP contribution in [0.15, 0.2) is 84.4 Å². The minimum atomic E-state index is -1.54. The van der Waals surface area contributed by atoms with Gasteiger partial charge in [0.05, 0.1) is 24.0 Å². The molecule has 3 N–H and O–H groups in total. The highest BCUT2D eigenvalue weighted by Crippen LogP contribution is 2.25. The number of carbonyl (C=O) groups is 1. The van der Waals surface area contributed by atoms with E-state index < -0.39 is 17.8 Å². The van der Waals surface area contributed by atoms with Crippen molar-refractivity contribution < 1.29 is 20.1 Å². The maximum atomic E-state index is 11.4. The predicted octanol–water partition coefficient (Wildman–Crippen LogP) is 2.65. The predicted molar refractivity (Wildman–Crippen MR) is 93.3 cm³/mol. The average molecular weight is 338 g/mol. The number of para-hydroxylation sites is 1. The number of carboxylic acids is 1. The van der Waals surface area contributed by atoms with Crippen molar-refractivity contribution >= 4 is 11.7 Å². The second-order valence-electron chi connectivity index (χ2n) is 5.60. The highest BCUT2D eigenvalue weighted by Gasteiger charge is 2.29. The summed E-state index contributed by atoms with van der Waals surface area (Å²) in [5, 5.41) is 32.4. The van der Waals surface area contributed by atoms with Gasteiger partial charge in [-0.2, -0.15) is 0 Å². The Hall–Kier alpha value is -3.25. The molecule has 0 spiro atoms. The van der Waals surface area contributed by atoms with E-state index in [-0.39, 0.29) is 5.57 Å². The first-order valence-corrected chi connectivity index (χ1v) is 7.75. The van der Waals surface area contributed by atoms with Gasteiger partial charge in [-0.25, -0.2) is 4.79 Å². The summed E-state index contributed by atoms with van der Waals surface area (Å²) >= 11 is 0. The van der Waals surface area contributed by atoms with Gasteiger partial charge in [-0.1, -0.05) is 48.5 Å². The van der Waals surface area contributed by atoms with Crippen molar-refractivity contribution in [2.75, 3.05) is 5.01 Å². The fourth-order valence-corrected chi connectivity index (χ4v) is 2.59. The van der Waals surface area contributed by atoms with Crippen LogP contribution in [0, 0.1) is 0 Å². The van der Waals surface area contributed by atoms with Crippen molar-refractivity contribution in [3.8, 4) is 0 Å². The Morgan fingerprint density at radius 2 is 1.60 bits per heavy atom. The van der Waals surface area contributed by atoms with Gasteiger partial charge in [-0.3, -0.25) is 10.0 Å². The molecule has 3 rings (SSSR count). The molecule has 2 aromatic rings. The summed E-state index contributed by atoms with van der Waals surface area (Å²) in [7, 11) is 0. The van der Waals surface area contributed by atoms with Crippen molar-refractivity contribution in [1.29, 1.82) is 0 Å². The lowest BCUT2D eigenvalue weighted by molar-refractivity contribution is -0.133. The van der Waals surface area contributed by atoms with E-state index in [0.29, 0.717) is 6.54 Å². The quantitative estimate of drug-likeness (QED) is 0.777. The van der Waals surface area contributed by atoms with E-state index in [4.69, 9.17) is 0 Å². The largest absolute Gasteiger partial charge is 0.508 e. The average Bonchev–Trinajstić information content (AvgIpc) is 2.63. The van der Waals surface area contributed by atoms with Crippen LogP contribution >= 0.6 is 0 Å². The van der Waals surface area contributed by atoms with Gasteiger partial charge in [-0.15, -0.1) is 0 Å². The lowest BCUT2D eigenvalue weighted by atomic mass is 10.1. The molecule has 1 unspecified atom stereocenters. The van der Waals surface area contributed by atoms with Gasteiger partial charge in [-0.05, 0) is 17.7 Å². The smallest absolute Gasteiger partial charge is 0.336 e. The Balaban J connectivity index is 2.00. The van der Waals surface area contributed by atoms with Crippen LogP contribution in [0.1, 0.15) is 5.56 Å². The van der Waals surface area contributed by atoms with Crippen LogP contribution in [0.25, 0.3) is 0 Å². The molecule has 1 aliphatic rings. The van der Waals surface area contributed by atoms with E-state index in [1.807, 2.05) is 60.7 Å². The van der Waals surface area contributed by atoms with Crippen molar-refractivity contribution in [3.05, 3.63) is 90.0 Å². The summed E-state index contributed by atoms with van der Waals surface area (Å²) < 4.78 is 0. The van der Waals surface area contributed by atoms with Crippen LogP contribution in [-0.2, 0) is 11.3 Å². The standard InChI is InChI=1S/C19H18N2O4/c22-17-13-20(12-16(18(17)23)19(24)25)21(15-9-5-2-6-10-15)11-14-7-3-1-4-8-14/h1-10,12-13,18,22-23H,11H2,(H,24,25). The molecule has 1 heterocycles. The lowest BCUT2D eigenvalue weighted by Gasteiger charge is -2.36. The molecular weight excluding hydrogens is 320 g/mol. The fraction of sp³-hybridized carbons (Fsp3) is 0.105. The van der Waals surface area contributed by atoms with Gasteiger partial charge in [0, 0.05) is 6.20 Å². The molecule has 1 aliphatic heterocycles. The minimum Gasteiger partial charge on any atom is -0.508 e. The molecule has 0 radical (unpaired) electrons. The summed E-state index contributed by atoms with van der Waals surface area (Å²) in [4.78, 5) is 11.4. The number of hydrogen-bond acceptors (Lipinski definition) is 5. The molecule has 6 heteroatoms. The Bertz CT molecular complexity index is 803. The van der Waals surface area contributed by atoms with Crippen molar-refractivity contribution in [1.82, 2.24) is 5.01 Å². The number of anilines is 1. The van der Waals surface area contributed by atoms with Gasteiger partial charge in [0.25, 0.3) is 0 Å². The molecule has 25 heavy (non-hydrogen) atoms. The van der Waals surface area contributed by atoms with E-state index >= 15 is 0 Å². The summed E-state index contributed by atoms with van der Waals surface area (Å²) in [6.07, 6.45) is 1.08. The number of aliphatic hydroxyl groups excluding tert-OH is 2. The number of hydrogen-bond donors (Lipinski definition) is 3. The molecule has 2 aromatic carbocycles. The second-order valence-corrected chi connectivity index (χ2v) is 5.60. The molecule has 0 saturated heterocycles. The number of aliphatic hydroxyl groups is 2. The minimum absolute atomic E-state index is 0.297. The van der Waals surface area contributed by atoms with Gasteiger partial charge < -0.3 is 15.3 Å². The highest BCUT2D eigenvalue weighted by molar-refractivity contribution is 5.88. The number of aliphatic carboxylic acids is 1. The third-order valence-corrected chi connectivity index (χ3v) is 3.87. The van der Waals surface area contributed by atoms with Crippen LogP contribution in [0.5, 0.6) is 0 Å². The Morgan fingerprint density at radius 3 is 2.20 bits per heavy atom. The van der Waals surface area contributed by atoms with E-state index in [1.54, 1.807) is 5.01 Å². The summed E-state index contributed by atoms with van der Waals surface area (Å²) in [6.45, 7) is 0.453. The molecule has 6 nitrogen and oxygen atoms in total. The number of nitrogens with zero attached hydrogens (tertiary/aromatic N) is 2. The Kier molecular flexibility index (Phi) is 4.72. The van der Waals surface area contributed by atoms with Gasteiger partial charge >= 0.3 is 5.97 Å². The third kappa shape index (κ3) is 3.64. The topological polar surface area (TPSA) is 84.2 Å². The summed E-state index contributed by atoms with van der Waals surface area (Å²) in [5.74, 6) is -1.71. The first-order chi connectivity index (χ1) is 12.1. The van der Waals surface area contributed by atoms with Crippen LogP contribution in [0.2, 0.25) is 0 Å². The normalized spacial score (nSPS) is 16.8. The van der Waals surface area contributed by atoms with Crippen molar-refractivity contribution in [2.24, 2.45) is 0 Å². The fourth-order valence-electron chi connectivity index (χ4n) is 2.59. The number of carboxylic acid groups (broad SMARTS) is 1. The molecule has 0 saturated carbocycles. The zero-order valence-electron chi connectivity index (χ0n) is 13.4. The zero-order chi connectivity index (χ0) is 17.8. The van der Waals surface area contributed by atoms with Crippen LogP contribution < -0.4 is 5.01 Å². The maximum absolute atomic E-state index is 11.4. The lowest BCUT2D eigenvalue weighted by Crippen LogP contribution is -2.40. The van der Waals surface area contributed by atoms with Crippen molar-refractivity contribution in [3.63, 3.8) is 0 Å². The SMILES string of the molecule is O=C(O)C1=CN(N(Cc2ccccc2)c2ccccc2)C=C(O)C1O. The Labute approximate surface area is 145 Å².